The number of carbonyl (C=O) groups is 1. The second kappa shape index (κ2) is 4.93. The molecule has 3 aliphatic carbocycles. The molecule has 3 nitrogen and oxygen atoms in total. The monoisotopic (exact) mass is 263 g/mol. The summed E-state index contributed by atoms with van der Waals surface area (Å²) in [4.78, 5) is 11.4. The normalized spacial score (nSPS) is 44.6. The van der Waals surface area contributed by atoms with Crippen LogP contribution in [-0.4, -0.2) is 17.6 Å². The minimum Gasteiger partial charge on any atom is -0.481 e. The van der Waals surface area contributed by atoms with E-state index in [1.54, 1.807) is 5.57 Å². The van der Waals surface area contributed by atoms with E-state index in [9.17, 15) is 9.90 Å². The molecule has 2 fully saturated rings. The van der Waals surface area contributed by atoms with E-state index in [2.05, 4.69) is 13.0 Å². The van der Waals surface area contributed by atoms with Gasteiger partial charge in [0.15, 0.2) is 0 Å². The standard InChI is InChI=1S/C16H25NO2/c1-2-9-7-14-12(8-17)6-11(16(18)19)5-10-3-4-13(9)15(10)14/h7,10-15H,2-6,8,17H2,1H3,(H,18,19)/t10-,11?,12-,13+,14+,15+/m1/s1. The molecule has 0 aromatic heterocycles. The molecule has 0 heterocycles. The van der Waals surface area contributed by atoms with Gasteiger partial charge in [-0.25, -0.2) is 0 Å². The van der Waals surface area contributed by atoms with E-state index in [0.717, 1.165) is 25.2 Å². The fraction of sp³-hybridized carbons (Fsp3) is 0.812. The van der Waals surface area contributed by atoms with Gasteiger partial charge in [0.1, 0.15) is 0 Å². The van der Waals surface area contributed by atoms with Crippen LogP contribution in [0.1, 0.15) is 39.0 Å². The van der Waals surface area contributed by atoms with Crippen LogP contribution in [-0.2, 0) is 4.79 Å². The number of hydrogen-bond donors (Lipinski definition) is 2. The van der Waals surface area contributed by atoms with Crippen LogP contribution in [0.5, 0.6) is 0 Å². The van der Waals surface area contributed by atoms with Crippen molar-refractivity contribution in [1.82, 2.24) is 0 Å². The van der Waals surface area contributed by atoms with Crippen LogP contribution in [0, 0.1) is 35.5 Å². The van der Waals surface area contributed by atoms with Crippen molar-refractivity contribution >= 4 is 5.97 Å². The molecule has 19 heavy (non-hydrogen) atoms. The van der Waals surface area contributed by atoms with Gasteiger partial charge in [-0.15, -0.1) is 0 Å². The molecule has 0 aromatic carbocycles. The summed E-state index contributed by atoms with van der Waals surface area (Å²) in [5.41, 5.74) is 7.60. The predicted octanol–water partition coefficient (Wildman–Crippen LogP) is 2.66. The Balaban J connectivity index is 1.92. The predicted molar refractivity (Wildman–Crippen MR) is 74.5 cm³/mol. The summed E-state index contributed by atoms with van der Waals surface area (Å²) >= 11 is 0. The van der Waals surface area contributed by atoms with Crippen LogP contribution in [0.15, 0.2) is 11.6 Å². The third kappa shape index (κ3) is 2.03. The van der Waals surface area contributed by atoms with Crippen molar-refractivity contribution in [3.8, 4) is 0 Å². The lowest BCUT2D eigenvalue weighted by molar-refractivity contribution is -0.142. The zero-order valence-corrected chi connectivity index (χ0v) is 11.7. The fourth-order valence-electron chi connectivity index (χ4n) is 5.15. The first-order chi connectivity index (χ1) is 9.15. The van der Waals surface area contributed by atoms with Crippen molar-refractivity contribution < 1.29 is 9.90 Å². The number of allylic oxidation sites excluding steroid dienone is 2. The van der Waals surface area contributed by atoms with Gasteiger partial charge in [0, 0.05) is 0 Å². The second-order valence-corrected chi connectivity index (χ2v) is 6.70. The number of rotatable bonds is 3. The molecule has 0 radical (unpaired) electrons. The Labute approximate surface area is 115 Å². The van der Waals surface area contributed by atoms with Gasteiger partial charge >= 0.3 is 5.97 Å². The highest BCUT2D eigenvalue weighted by atomic mass is 16.4. The van der Waals surface area contributed by atoms with E-state index >= 15 is 0 Å². The lowest BCUT2D eigenvalue weighted by Crippen LogP contribution is -2.28. The van der Waals surface area contributed by atoms with E-state index in [-0.39, 0.29) is 5.92 Å². The molecule has 0 bridgehead atoms. The first kappa shape index (κ1) is 13.2. The second-order valence-electron chi connectivity index (χ2n) is 6.70. The van der Waals surface area contributed by atoms with Crippen molar-refractivity contribution in [1.29, 1.82) is 0 Å². The molecule has 3 heteroatoms. The molecule has 0 amide bonds. The van der Waals surface area contributed by atoms with E-state index < -0.39 is 5.97 Å². The van der Waals surface area contributed by atoms with E-state index in [4.69, 9.17) is 5.73 Å². The van der Waals surface area contributed by atoms with Crippen LogP contribution in [0.4, 0.5) is 0 Å². The maximum Gasteiger partial charge on any atom is 0.306 e. The van der Waals surface area contributed by atoms with Gasteiger partial charge in [-0.3, -0.25) is 4.79 Å². The van der Waals surface area contributed by atoms with Gasteiger partial charge in [-0.2, -0.15) is 0 Å². The van der Waals surface area contributed by atoms with Crippen LogP contribution in [0.25, 0.3) is 0 Å². The average Bonchev–Trinajstić information content (AvgIpc) is 2.90. The zero-order valence-electron chi connectivity index (χ0n) is 11.7. The first-order valence-corrected chi connectivity index (χ1v) is 7.79. The van der Waals surface area contributed by atoms with E-state index in [0.29, 0.717) is 30.2 Å². The van der Waals surface area contributed by atoms with E-state index in [1.165, 1.54) is 12.8 Å². The largest absolute Gasteiger partial charge is 0.481 e. The van der Waals surface area contributed by atoms with Gasteiger partial charge in [0.05, 0.1) is 5.92 Å². The molecule has 2 saturated carbocycles. The fourth-order valence-corrected chi connectivity index (χ4v) is 5.15. The number of aliphatic carboxylic acids is 1. The Morgan fingerprint density at radius 1 is 1.42 bits per heavy atom. The lowest BCUT2D eigenvalue weighted by atomic mass is 9.78. The zero-order chi connectivity index (χ0) is 13.6. The highest BCUT2D eigenvalue weighted by molar-refractivity contribution is 5.70. The average molecular weight is 263 g/mol. The molecule has 6 atom stereocenters. The summed E-state index contributed by atoms with van der Waals surface area (Å²) < 4.78 is 0. The summed E-state index contributed by atoms with van der Waals surface area (Å²) in [5.74, 6) is 2.22. The minimum atomic E-state index is -0.610. The number of carboxylic acid groups (broad SMARTS) is 1. The van der Waals surface area contributed by atoms with Crippen molar-refractivity contribution in [2.75, 3.05) is 6.54 Å². The molecular weight excluding hydrogens is 238 g/mol. The number of nitrogens with two attached hydrogens (primary N) is 1. The molecule has 3 aliphatic rings. The lowest BCUT2D eigenvalue weighted by Gasteiger charge is -2.27. The topological polar surface area (TPSA) is 63.3 Å². The summed E-state index contributed by atoms with van der Waals surface area (Å²) in [6, 6.07) is 0. The molecular formula is C16H25NO2. The first-order valence-electron chi connectivity index (χ1n) is 7.79. The quantitative estimate of drug-likeness (QED) is 0.769. The number of hydrogen-bond acceptors (Lipinski definition) is 2. The molecule has 0 saturated heterocycles. The maximum absolute atomic E-state index is 11.4. The molecule has 3 rings (SSSR count). The van der Waals surface area contributed by atoms with Gasteiger partial charge in [0.25, 0.3) is 0 Å². The van der Waals surface area contributed by atoms with Crippen LogP contribution < -0.4 is 5.73 Å². The van der Waals surface area contributed by atoms with Crippen LogP contribution >= 0.6 is 0 Å². The third-order valence-electron chi connectivity index (χ3n) is 5.96. The Morgan fingerprint density at radius 3 is 2.84 bits per heavy atom. The highest BCUT2D eigenvalue weighted by Gasteiger charge is 2.50. The molecule has 0 spiro atoms. The Hall–Kier alpha value is -0.830. The van der Waals surface area contributed by atoms with Crippen molar-refractivity contribution in [3.05, 3.63) is 11.6 Å². The van der Waals surface area contributed by atoms with Gasteiger partial charge in [-0.05, 0) is 68.2 Å². The SMILES string of the molecule is CCC1=C[C@H]2[C@@H](CN)CC(C(=O)O)C[C@H]3CC[C@@H]1[C@H]32. The Kier molecular flexibility index (Phi) is 3.42. The summed E-state index contributed by atoms with van der Waals surface area (Å²) in [7, 11) is 0. The van der Waals surface area contributed by atoms with Gasteiger partial charge in [0.2, 0.25) is 0 Å². The maximum atomic E-state index is 11.4. The van der Waals surface area contributed by atoms with Crippen molar-refractivity contribution in [3.63, 3.8) is 0 Å². The third-order valence-corrected chi connectivity index (χ3v) is 5.96. The minimum absolute atomic E-state index is 0.165. The van der Waals surface area contributed by atoms with Crippen molar-refractivity contribution in [2.24, 2.45) is 41.2 Å². The Bertz CT molecular complexity index is 404. The summed E-state index contributed by atoms with van der Waals surface area (Å²) in [6.07, 6.45) is 7.80. The Morgan fingerprint density at radius 2 is 2.21 bits per heavy atom. The van der Waals surface area contributed by atoms with E-state index in [1.807, 2.05) is 0 Å². The summed E-state index contributed by atoms with van der Waals surface area (Å²) in [5, 5.41) is 9.41. The highest BCUT2D eigenvalue weighted by Crippen LogP contribution is 2.57. The molecule has 1 unspecified atom stereocenters. The summed E-state index contributed by atoms with van der Waals surface area (Å²) in [6.45, 7) is 2.89. The molecule has 106 valence electrons. The molecule has 3 N–H and O–H groups in total. The molecule has 0 aromatic rings. The van der Waals surface area contributed by atoms with Gasteiger partial charge in [-0.1, -0.05) is 18.6 Å². The van der Waals surface area contributed by atoms with Crippen LogP contribution in [0.3, 0.4) is 0 Å². The smallest absolute Gasteiger partial charge is 0.306 e. The van der Waals surface area contributed by atoms with Gasteiger partial charge < -0.3 is 10.8 Å². The van der Waals surface area contributed by atoms with Crippen LogP contribution in [0.2, 0.25) is 0 Å². The van der Waals surface area contributed by atoms with Crippen molar-refractivity contribution in [2.45, 2.75) is 39.0 Å². The molecule has 0 aliphatic heterocycles. The number of carboxylic acids is 1.